The molecule has 1 aliphatic rings. The Kier molecular flexibility index (Phi) is 5.67. The summed E-state index contributed by atoms with van der Waals surface area (Å²) >= 11 is 0. The van der Waals surface area contributed by atoms with Gasteiger partial charge in [-0.15, -0.1) is 0 Å². The highest BCUT2D eigenvalue weighted by Crippen LogP contribution is 2.36. The minimum absolute atomic E-state index is 0.209. The molecule has 0 aromatic heterocycles. The maximum atomic E-state index is 10.3. The lowest BCUT2D eigenvalue weighted by Gasteiger charge is -2.23. The summed E-state index contributed by atoms with van der Waals surface area (Å²) in [6.45, 7) is 1.14. The molecule has 0 spiro atoms. The standard InChI is InChI=1S/C16H24O3/c1-18-11-12-19-16-10-6-5-8-14(16)13-7-3-2-4-9-15(13)17/h5-6,8,10,13,15,17H,2-4,7,9,11-12H2,1H3. The number of benzene rings is 1. The second-order valence-corrected chi connectivity index (χ2v) is 5.19. The Balaban J connectivity index is 2.12. The van der Waals surface area contributed by atoms with E-state index >= 15 is 0 Å². The van der Waals surface area contributed by atoms with Crippen molar-refractivity contribution < 1.29 is 14.6 Å². The first kappa shape index (κ1) is 14.4. The first-order chi connectivity index (χ1) is 9.33. The highest BCUT2D eigenvalue weighted by Gasteiger charge is 2.25. The van der Waals surface area contributed by atoms with Crippen LogP contribution in [0, 0.1) is 0 Å². The summed E-state index contributed by atoms with van der Waals surface area (Å²) in [4.78, 5) is 0. The van der Waals surface area contributed by atoms with Crippen LogP contribution < -0.4 is 4.74 Å². The van der Waals surface area contributed by atoms with Gasteiger partial charge in [0.05, 0.1) is 12.7 Å². The van der Waals surface area contributed by atoms with E-state index in [4.69, 9.17) is 9.47 Å². The van der Waals surface area contributed by atoms with E-state index in [9.17, 15) is 5.11 Å². The lowest BCUT2D eigenvalue weighted by Crippen LogP contribution is -2.18. The first-order valence-electron chi connectivity index (χ1n) is 7.21. The number of ether oxygens (including phenoxy) is 2. The van der Waals surface area contributed by atoms with Crippen LogP contribution in [0.25, 0.3) is 0 Å². The SMILES string of the molecule is COCCOc1ccccc1C1CCCCCC1O. The van der Waals surface area contributed by atoms with Gasteiger partial charge in [-0.1, -0.05) is 37.5 Å². The van der Waals surface area contributed by atoms with Crippen molar-refractivity contribution in [1.82, 2.24) is 0 Å². The molecule has 1 aromatic rings. The number of hydrogen-bond acceptors (Lipinski definition) is 3. The lowest BCUT2D eigenvalue weighted by atomic mass is 9.89. The molecule has 2 unspecified atom stereocenters. The molecular weight excluding hydrogens is 240 g/mol. The van der Waals surface area contributed by atoms with Gasteiger partial charge in [-0.2, -0.15) is 0 Å². The van der Waals surface area contributed by atoms with Crippen molar-refractivity contribution in [3.8, 4) is 5.75 Å². The predicted octanol–water partition coefficient (Wildman–Crippen LogP) is 3.12. The zero-order valence-electron chi connectivity index (χ0n) is 11.7. The highest BCUT2D eigenvalue weighted by molar-refractivity contribution is 5.37. The Bertz CT molecular complexity index is 378. The molecule has 0 radical (unpaired) electrons. The average molecular weight is 264 g/mol. The minimum Gasteiger partial charge on any atom is -0.491 e. The van der Waals surface area contributed by atoms with Crippen LogP contribution in [0.15, 0.2) is 24.3 Å². The molecular formula is C16H24O3. The van der Waals surface area contributed by atoms with E-state index in [1.165, 1.54) is 12.8 Å². The number of methoxy groups -OCH3 is 1. The molecule has 1 aromatic carbocycles. The van der Waals surface area contributed by atoms with Gasteiger partial charge in [-0.3, -0.25) is 0 Å². The second kappa shape index (κ2) is 7.51. The molecule has 2 rings (SSSR count). The van der Waals surface area contributed by atoms with Gasteiger partial charge in [0.1, 0.15) is 12.4 Å². The smallest absolute Gasteiger partial charge is 0.122 e. The maximum Gasteiger partial charge on any atom is 0.122 e. The van der Waals surface area contributed by atoms with Gasteiger partial charge >= 0.3 is 0 Å². The third-order valence-electron chi connectivity index (χ3n) is 3.84. The van der Waals surface area contributed by atoms with Crippen LogP contribution in [-0.4, -0.2) is 31.5 Å². The Morgan fingerprint density at radius 2 is 1.89 bits per heavy atom. The van der Waals surface area contributed by atoms with E-state index in [0.29, 0.717) is 13.2 Å². The molecule has 0 saturated heterocycles. The van der Waals surface area contributed by atoms with Crippen molar-refractivity contribution in [1.29, 1.82) is 0 Å². The summed E-state index contributed by atoms with van der Waals surface area (Å²) in [6.07, 6.45) is 5.25. The van der Waals surface area contributed by atoms with E-state index in [0.717, 1.165) is 30.6 Å². The maximum absolute atomic E-state index is 10.3. The molecule has 19 heavy (non-hydrogen) atoms. The van der Waals surface area contributed by atoms with Crippen LogP contribution in [0.4, 0.5) is 0 Å². The number of aliphatic hydroxyl groups is 1. The number of rotatable bonds is 5. The second-order valence-electron chi connectivity index (χ2n) is 5.19. The van der Waals surface area contributed by atoms with Gasteiger partial charge in [0.2, 0.25) is 0 Å². The summed E-state index contributed by atoms with van der Waals surface area (Å²) in [6, 6.07) is 8.08. The molecule has 0 amide bonds. The summed E-state index contributed by atoms with van der Waals surface area (Å²) in [5.74, 6) is 1.10. The average Bonchev–Trinajstić information content (AvgIpc) is 2.64. The van der Waals surface area contributed by atoms with Crippen molar-refractivity contribution in [2.45, 2.75) is 44.1 Å². The Hall–Kier alpha value is -1.06. The van der Waals surface area contributed by atoms with Gasteiger partial charge < -0.3 is 14.6 Å². The normalized spacial score (nSPS) is 23.9. The fourth-order valence-electron chi connectivity index (χ4n) is 2.80. The summed E-state index contributed by atoms with van der Waals surface area (Å²) in [5.41, 5.74) is 1.15. The van der Waals surface area contributed by atoms with Crippen molar-refractivity contribution in [3.05, 3.63) is 29.8 Å². The van der Waals surface area contributed by atoms with Crippen LogP contribution in [0.2, 0.25) is 0 Å². The largest absolute Gasteiger partial charge is 0.491 e. The molecule has 2 atom stereocenters. The van der Waals surface area contributed by atoms with Crippen molar-refractivity contribution in [3.63, 3.8) is 0 Å². The van der Waals surface area contributed by atoms with Crippen molar-refractivity contribution in [2.24, 2.45) is 0 Å². The topological polar surface area (TPSA) is 38.7 Å². The molecule has 1 fully saturated rings. The Labute approximate surface area is 115 Å². The van der Waals surface area contributed by atoms with Gasteiger partial charge in [0.15, 0.2) is 0 Å². The quantitative estimate of drug-likeness (QED) is 0.656. The molecule has 0 bridgehead atoms. The fourth-order valence-corrected chi connectivity index (χ4v) is 2.80. The van der Waals surface area contributed by atoms with E-state index in [-0.39, 0.29) is 12.0 Å². The van der Waals surface area contributed by atoms with Gasteiger partial charge in [-0.05, 0) is 24.5 Å². The summed E-state index contributed by atoms with van der Waals surface area (Å²) < 4.78 is 10.8. The van der Waals surface area contributed by atoms with Crippen LogP contribution in [0.3, 0.4) is 0 Å². The van der Waals surface area contributed by atoms with Crippen molar-refractivity contribution in [2.75, 3.05) is 20.3 Å². The Morgan fingerprint density at radius 1 is 1.11 bits per heavy atom. The van der Waals surface area contributed by atoms with E-state index in [1.807, 2.05) is 18.2 Å². The third kappa shape index (κ3) is 3.95. The molecule has 1 N–H and O–H groups in total. The van der Waals surface area contributed by atoms with Crippen LogP contribution >= 0.6 is 0 Å². The molecule has 1 saturated carbocycles. The third-order valence-corrected chi connectivity index (χ3v) is 3.84. The molecule has 106 valence electrons. The van der Waals surface area contributed by atoms with Crippen LogP contribution in [0.5, 0.6) is 5.75 Å². The minimum atomic E-state index is -0.241. The zero-order valence-corrected chi connectivity index (χ0v) is 11.7. The number of aliphatic hydroxyl groups excluding tert-OH is 1. The van der Waals surface area contributed by atoms with Crippen LogP contribution in [-0.2, 0) is 4.74 Å². The first-order valence-corrected chi connectivity index (χ1v) is 7.21. The molecule has 0 heterocycles. The fraction of sp³-hybridized carbons (Fsp3) is 0.625. The number of para-hydroxylation sites is 1. The zero-order chi connectivity index (χ0) is 13.5. The molecule has 1 aliphatic carbocycles. The predicted molar refractivity (Wildman–Crippen MR) is 75.6 cm³/mol. The summed E-state index contributed by atoms with van der Waals surface area (Å²) in [7, 11) is 1.67. The molecule has 3 nitrogen and oxygen atoms in total. The summed E-state index contributed by atoms with van der Waals surface area (Å²) in [5, 5.41) is 10.3. The van der Waals surface area contributed by atoms with Crippen LogP contribution in [0.1, 0.15) is 43.6 Å². The lowest BCUT2D eigenvalue weighted by molar-refractivity contribution is 0.128. The Morgan fingerprint density at radius 3 is 2.74 bits per heavy atom. The van der Waals surface area contributed by atoms with Gasteiger partial charge in [0.25, 0.3) is 0 Å². The van der Waals surface area contributed by atoms with Gasteiger partial charge in [0, 0.05) is 13.0 Å². The monoisotopic (exact) mass is 264 g/mol. The van der Waals surface area contributed by atoms with Gasteiger partial charge in [-0.25, -0.2) is 0 Å². The van der Waals surface area contributed by atoms with E-state index in [2.05, 4.69) is 6.07 Å². The van der Waals surface area contributed by atoms with Crippen molar-refractivity contribution >= 4 is 0 Å². The van der Waals surface area contributed by atoms with E-state index in [1.54, 1.807) is 7.11 Å². The number of hydrogen-bond donors (Lipinski definition) is 1. The molecule has 3 heteroatoms. The van der Waals surface area contributed by atoms with E-state index < -0.39 is 0 Å². The molecule has 0 aliphatic heterocycles. The highest BCUT2D eigenvalue weighted by atomic mass is 16.5.